The molecule has 0 saturated heterocycles. The van der Waals surface area contributed by atoms with Gasteiger partial charge in [-0.05, 0) is 24.6 Å². The summed E-state index contributed by atoms with van der Waals surface area (Å²) in [5, 5.41) is 0. The highest BCUT2D eigenvalue weighted by Crippen LogP contribution is 2.47. The van der Waals surface area contributed by atoms with E-state index in [0.717, 1.165) is 6.92 Å². The number of hydrogen-bond acceptors (Lipinski definition) is 2. The third-order valence-corrected chi connectivity index (χ3v) is 3.10. The average molecular weight is 397 g/mol. The minimum Gasteiger partial charge on any atom is -0.453 e. The molecule has 0 bridgehead atoms. The van der Waals surface area contributed by atoms with Crippen LogP contribution in [0.4, 0.5) is 30.7 Å². The third-order valence-electron chi connectivity index (χ3n) is 2.61. The Hall–Kier alpha value is -1.32. The fourth-order valence-electron chi connectivity index (χ4n) is 1.37. The zero-order valence-electron chi connectivity index (χ0n) is 10.7. The molecule has 0 aliphatic carbocycles. The Morgan fingerprint density at radius 1 is 1.14 bits per heavy atom. The number of benzene rings is 1. The molecule has 1 rings (SSSR count). The van der Waals surface area contributed by atoms with E-state index in [1.54, 1.807) is 6.07 Å². The molecule has 0 saturated carbocycles. The van der Waals surface area contributed by atoms with E-state index in [1.165, 1.54) is 18.2 Å². The van der Waals surface area contributed by atoms with E-state index >= 15 is 0 Å². The summed E-state index contributed by atoms with van der Waals surface area (Å²) in [6, 6.07) is 5.64. The topological polar surface area (TPSA) is 26.3 Å². The molecule has 0 amide bonds. The number of carbonyl (C=O) groups excluding carboxylic acids is 1. The molecule has 1 aromatic carbocycles. The molecule has 1 unspecified atom stereocenters. The van der Waals surface area contributed by atoms with Gasteiger partial charge in [0.15, 0.2) is 0 Å². The van der Waals surface area contributed by atoms with Crippen molar-refractivity contribution in [2.45, 2.75) is 31.0 Å². The maximum Gasteiger partial charge on any atom is 0.460 e. The van der Waals surface area contributed by atoms with Gasteiger partial charge in [-0.15, -0.1) is 0 Å². The number of hydrogen-bond donors (Lipinski definition) is 0. The van der Waals surface area contributed by atoms with Crippen LogP contribution in [0.3, 0.4) is 0 Å². The summed E-state index contributed by atoms with van der Waals surface area (Å²) >= 11 is 3.04. The Bertz CT molecular complexity index is 557. The number of halogens is 8. The van der Waals surface area contributed by atoms with Gasteiger partial charge in [0.2, 0.25) is 0 Å². The van der Waals surface area contributed by atoms with Crippen LogP contribution in [0, 0.1) is 0 Å². The highest BCUT2D eigenvalue weighted by Gasteiger charge is 2.77. The van der Waals surface area contributed by atoms with Crippen LogP contribution in [0.2, 0.25) is 0 Å². The lowest BCUT2D eigenvalue weighted by molar-refractivity contribution is -0.349. The van der Waals surface area contributed by atoms with Crippen LogP contribution in [-0.4, -0.2) is 24.0 Å². The zero-order valence-corrected chi connectivity index (χ0v) is 12.3. The van der Waals surface area contributed by atoms with E-state index in [4.69, 9.17) is 0 Å². The minimum absolute atomic E-state index is 0.133. The summed E-state index contributed by atoms with van der Waals surface area (Å²) < 4.78 is 92.0. The molecule has 0 spiro atoms. The number of rotatable bonds is 4. The molecule has 2 nitrogen and oxygen atoms in total. The quantitative estimate of drug-likeness (QED) is 0.535. The lowest BCUT2D eigenvalue weighted by Gasteiger charge is -2.27. The Balaban J connectivity index is 2.96. The fourth-order valence-corrected chi connectivity index (χ4v) is 1.79. The third kappa shape index (κ3) is 3.53. The molecule has 124 valence electrons. The summed E-state index contributed by atoms with van der Waals surface area (Å²) in [6.07, 6.45) is -8.03. The molecule has 22 heavy (non-hydrogen) atoms. The second-order valence-corrected chi connectivity index (χ2v) is 5.16. The van der Waals surface area contributed by atoms with Gasteiger partial charge >= 0.3 is 24.0 Å². The van der Waals surface area contributed by atoms with E-state index in [1.807, 2.05) is 0 Å². The highest BCUT2D eigenvalue weighted by atomic mass is 79.9. The number of esters is 1. The van der Waals surface area contributed by atoms with E-state index in [-0.39, 0.29) is 5.56 Å². The van der Waals surface area contributed by atoms with E-state index in [2.05, 4.69) is 20.7 Å². The summed E-state index contributed by atoms with van der Waals surface area (Å²) in [6.45, 7) is 1.06. The molecule has 10 heteroatoms. The summed E-state index contributed by atoms with van der Waals surface area (Å²) in [5.41, 5.74) is 0.133. The van der Waals surface area contributed by atoms with Gasteiger partial charge in [0.25, 0.3) is 0 Å². The normalized spacial score (nSPS) is 14.6. The maximum atomic E-state index is 13.1. The molecule has 1 atom stereocenters. The van der Waals surface area contributed by atoms with Crippen LogP contribution in [-0.2, 0) is 9.53 Å². The first-order valence-electron chi connectivity index (χ1n) is 5.59. The Kier molecular flexibility index (Phi) is 5.15. The lowest BCUT2D eigenvalue weighted by Crippen LogP contribution is -2.56. The van der Waals surface area contributed by atoms with Gasteiger partial charge in [0.05, 0.1) is 0 Å². The van der Waals surface area contributed by atoms with Crippen molar-refractivity contribution in [3.05, 3.63) is 34.3 Å². The Morgan fingerprint density at radius 2 is 1.68 bits per heavy atom. The predicted molar refractivity (Wildman–Crippen MR) is 64.6 cm³/mol. The number of ether oxygens (including phenoxy) is 1. The van der Waals surface area contributed by atoms with E-state index in [9.17, 15) is 35.5 Å². The van der Waals surface area contributed by atoms with Crippen molar-refractivity contribution in [2.75, 3.05) is 0 Å². The summed E-state index contributed by atoms with van der Waals surface area (Å²) in [5.74, 6) is -15.5. The van der Waals surface area contributed by atoms with Gasteiger partial charge in [0, 0.05) is 4.47 Å². The fraction of sp³-hybridized carbons (Fsp3) is 0.417. The van der Waals surface area contributed by atoms with Gasteiger partial charge in [-0.25, -0.2) is 4.79 Å². The van der Waals surface area contributed by atoms with Crippen molar-refractivity contribution in [3.8, 4) is 0 Å². The van der Waals surface area contributed by atoms with Crippen LogP contribution < -0.4 is 0 Å². The molecular weight excluding hydrogens is 389 g/mol. The second-order valence-electron chi connectivity index (χ2n) is 4.25. The van der Waals surface area contributed by atoms with Crippen molar-refractivity contribution in [3.63, 3.8) is 0 Å². The lowest BCUT2D eigenvalue weighted by atomic mass is 10.1. The Morgan fingerprint density at radius 3 is 2.14 bits per heavy atom. The van der Waals surface area contributed by atoms with Gasteiger partial charge < -0.3 is 4.74 Å². The largest absolute Gasteiger partial charge is 0.460 e. The van der Waals surface area contributed by atoms with Gasteiger partial charge in [-0.1, -0.05) is 28.1 Å². The van der Waals surface area contributed by atoms with E-state index < -0.39 is 30.1 Å². The SMILES string of the molecule is CC(OC(=O)C(F)(F)C(F)(F)C(F)(F)F)c1cccc(Br)c1. The highest BCUT2D eigenvalue weighted by molar-refractivity contribution is 9.10. The van der Waals surface area contributed by atoms with Crippen molar-refractivity contribution >= 4 is 21.9 Å². The molecule has 1 aromatic rings. The summed E-state index contributed by atoms with van der Waals surface area (Å²) in [4.78, 5) is 11.1. The maximum absolute atomic E-state index is 13.1. The standard InChI is InChI=1S/C12H8BrF7O2/c1-6(7-3-2-4-8(13)5-7)22-9(21)10(14,15)11(16,17)12(18,19)20/h2-6H,1H3. The molecule has 0 N–H and O–H groups in total. The molecule has 0 aliphatic heterocycles. The second kappa shape index (κ2) is 6.05. The van der Waals surface area contributed by atoms with Crippen LogP contribution >= 0.6 is 15.9 Å². The van der Waals surface area contributed by atoms with Crippen molar-refractivity contribution in [2.24, 2.45) is 0 Å². The first-order valence-corrected chi connectivity index (χ1v) is 6.39. The van der Waals surface area contributed by atoms with E-state index in [0.29, 0.717) is 4.47 Å². The monoisotopic (exact) mass is 396 g/mol. The number of alkyl halides is 7. The van der Waals surface area contributed by atoms with Gasteiger partial charge in [-0.2, -0.15) is 30.7 Å². The molecule has 0 aromatic heterocycles. The smallest absolute Gasteiger partial charge is 0.453 e. The van der Waals surface area contributed by atoms with Crippen LogP contribution in [0.5, 0.6) is 0 Å². The first-order chi connectivity index (χ1) is 9.80. The number of carbonyl (C=O) groups is 1. The molecule has 0 fully saturated rings. The average Bonchev–Trinajstić information content (AvgIpc) is 2.36. The molecule has 0 aliphatic rings. The molecule has 0 radical (unpaired) electrons. The zero-order chi connectivity index (χ0) is 17.3. The Labute approximate surface area is 128 Å². The van der Waals surface area contributed by atoms with Crippen molar-refractivity contribution < 1.29 is 40.3 Å². The van der Waals surface area contributed by atoms with Crippen LogP contribution in [0.1, 0.15) is 18.6 Å². The van der Waals surface area contributed by atoms with Crippen LogP contribution in [0.25, 0.3) is 0 Å². The minimum atomic E-state index is -6.59. The molecular formula is C12H8BrF7O2. The molecule has 0 heterocycles. The predicted octanol–water partition coefficient (Wildman–Crippen LogP) is 4.89. The van der Waals surface area contributed by atoms with Crippen molar-refractivity contribution in [1.82, 2.24) is 0 Å². The first kappa shape index (κ1) is 18.7. The van der Waals surface area contributed by atoms with Crippen molar-refractivity contribution in [1.29, 1.82) is 0 Å². The van der Waals surface area contributed by atoms with Gasteiger partial charge in [-0.3, -0.25) is 0 Å². The summed E-state index contributed by atoms with van der Waals surface area (Å²) in [7, 11) is 0. The van der Waals surface area contributed by atoms with Gasteiger partial charge in [0.1, 0.15) is 6.10 Å². The van der Waals surface area contributed by atoms with Crippen LogP contribution in [0.15, 0.2) is 28.7 Å².